The molecule has 0 aliphatic heterocycles. The minimum absolute atomic E-state index is 0.822. The monoisotopic (exact) mass is 691 g/mol. The van der Waals surface area contributed by atoms with Crippen molar-refractivity contribution in [2.24, 2.45) is 0 Å². The molecule has 0 N–H and O–H groups in total. The second kappa shape index (κ2) is 12.7. The van der Waals surface area contributed by atoms with E-state index in [-0.39, 0.29) is 0 Å². The summed E-state index contributed by atoms with van der Waals surface area (Å²) >= 11 is 0. The number of benzene rings is 9. The molecule has 0 spiro atoms. The first-order valence-electron chi connectivity index (χ1n) is 18.6. The van der Waals surface area contributed by atoms with Crippen LogP contribution in [0.5, 0.6) is 0 Å². The van der Waals surface area contributed by atoms with Crippen molar-refractivity contribution >= 4 is 43.1 Å². The minimum Gasteiger partial charge on any atom is -0.274 e. The van der Waals surface area contributed by atoms with Gasteiger partial charge in [-0.2, -0.15) is 0 Å². The van der Waals surface area contributed by atoms with Crippen molar-refractivity contribution in [2.75, 3.05) is 0 Å². The molecule has 0 fully saturated rings. The van der Waals surface area contributed by atoms with E-state index in [0.29, 0.717) is 0 Å². The van der Waals surface area contributed by atoms with E-state index in [1.807, 2.05) is 0 Å². The zero-order chi connectivity index (χ0) is 36.3. The van der Waals surface area contributed by atoms with Gasteiger partial charge in [0.05, 0.1) is 5.69 Å². The van der Waals surface area contributed by atoms with Crippen LogP contribution in [0.2, 0.25) is 0 Å². The Kier molecular flexibility index (Phi) is 7.48. The zero-order valence-corrected chi connectivity index (χ0v) is 30.5. The molecule has 0 unspecified atom stereocenters. The molecule has 0 saturated carbocycles. The fourth-order valence-electron chi connectivity index (χ4n) is 8.75. The van der Waals surface area contributed by atoms with Crippen molar-refractivity contribution in [1.82, 2.24) is 14.8 Å². The van der Waals surface area contributed by atoms with Crippen LogP contribution < -0.4 is 0 Å². The summed E-state index contributed by atoms with van der Waals surface area (Å²) in [6.45, 7) is 6.56. The van der Waals surface area contributed by atoms with Crippen molar-refractivity contribution in [1.29, 1.82) is 0 Å². The Bertz CT molecular complexity index is 2880. The normalized spacial score (nSPS) is 11.6. The highest BCUT2D eigenvalue weighted by Gasteiger charge is 2.24. The molecule has 1 aromatic heterocycles. The molecule has 0 bridgehead atoms. The molecule has 0 aliphatic rings. The third-order valence-electron chi connectivity index (χ3n) is 11.0. The molecule has 0 atom stereocenters. The van der Waals surface area contributed by atoms with E-state index in [0.717, 1.165) is 39.2 Å². The van der Waals surface area contributed by atoms with E-state index in [4.69, 9.17) is 10.2 Å². The van der Waals surface area contributed by atoms with E-state index >= 15 is 0 Å². The topological polar surface area (TPSA) is 30.7 Å². The summed E-state index contributed by atoms with van der Waals surface area (Å²) in [5.41, 5.74) is 11.7. The van der Waals surface area contributed by atoms with E-state index in [1.165, 1.54) is 71.3 Å². The van der Waals surface area contributed by atoms with Crippen molar-refractivity contribution in [3.63, 3.8) is 0 Å². The number of aromatic nitrogens is 3. The van der Waals surface area contributed by atoms with Gasteiger partial charge in [-0.1, -0.05) is 163 Å². The summed E-state index contributed by atoms with van der Waals surface area (Å²) in [7, 11) is 0. The summed E-state index contributed by atoms with van der Waals surface area (Å²) in [4.78, 5) is 0. The van der Waals surface area contributed by atoms with Crippen LogP contribution in [-0.2, 0) is 0 Å². The summed E-state index contributed by atoms with van der Waals surface area (Å²) in [6, 6.07) is 61.4. The molecular weight excluding hydrogens is 655 g/mol. The summed E-state index contributed by atoms with van der Waals surface area (Å²) in [5, 5.41) is 19.8. The first kappa shape index (κ1) is 31.9. The van der Waals surface area contributed by atoms with Crippen LogP contribution in [0, 0.1) is 20.8 Å². The predicted octanol–water partition coefficient (Wildman–Crippen LogP) is 13.5. The van der Waals surface area contributed by atoms with Crippen LogP contribution in [-0.4, -0.2) is 14.8 Å². The van der Waals surface area contributed by atoms with Gasteiger partial charge in [-0.25, -0.2) is 0 Å². The van der Waals surface area contributed by atoms with Gasteiger partial charge in [0.2, 0.25) is 0 Å². The zero-order valence-electron chi connectivity index (χ0n) is 30.5. The molecule has 10 rings (SSSR count). The second-order valence-electron chi connectivity index (χ2n) is 14.4. The van der Waals surface area contributed by atoms with Crippen molar-refractivity contribution in [3.05, 3.63) is 187 Å². The fraction of sp³-hybridized carbons (Fsp3) is 0.0588. The molecule has 3 nitrogen and oxygen atoms in total. The molecule has 1 heterocycles. The first-order valence-corrected chi connectivity index (χ1v) is 18.6. The Balaban J connectivity index is 1.24. The van der Waals surface area contributed by atoms with E-state index < -0.39 is 0 Å². The Morgan fingerprint density at radius 2 is 0.667 bits per heavy atom. The van der Waals surface area contributed by atoms with E-state index in [2.05, 4.69) is 195 Å². The average molecular weight is 692 g/mol. The lowest BCUT2D eigenvalue weighted by atomic mass is 9.91. The third kappa shape index (κ3) is 5.04. The highest BCUT2D eigenvalue weighted by molar-refractivity contribution is 6.11. The lowest BCUT2D eigenvalue weighted by molar-refractivity contribution is 1.04. The molecule has 0 radical (unpaired) electrons. The molecule has 9 aromatic carbocycles. The van der Waals surface area contributed by atoms with Crippen LogP contribution in [0.4, 0.5) is 0 Å². The van der Waals surface area contributed by atoms with Gasteiger partial charge in [0.15, 0.2) is 11.6 Å². The van der Waals surface area contributed by atoms with Gasteiger partial charge in [0, 0.05) is 11.1 Å². The largest absolute Gasteiger partial charge is 0.274 e. The van der Waals surface area contributed by atoms with Gasteiger partial charge in [-0.05, 0) is 109 Å². The molecule has 10 aromatic rings. The smallest absolute Gasteiger partial charge is 0.169 e. The maximum atomic E-state index is 5.09. The SMILES string of the molecule is Cc1cc(C)c(-n2c(-c3ccc(-c4cccc5ccccc45)c4ccccc34)nnc2-c2ccc(-c3cccc4ccccc34)c3ccccc23)c(C)c1. The van der Waals surface area contributed by atoms with E-state index in [9.17, 15) is 0 Å². The number of hydrogen-bond donors (Lipinski definition) is 0. The fourth-order valence-corrected chi connectivity index (χ4v) is 8.75. The van der Waals surface area contributed by atoms with Gasteiger partial charge in [-0.3, -0.25) is 4.57 Å². The molecule has 0 amide bonds. The highest BCUT2D eigenvalue weighted by Crippen LogP contribution is 2.43. The van der Waals surface area contributed by atoms with E-state index in [1.54, 1.807) is 0 Å². The molecule has 0 saturated heterocycles. The predicted molar refractivity (Wildman–Crippen MR) is 227 cm³/mol. The Morgan fingerprint density at radius 3 is 1.11 bits per heavy atom. The Labute approximate surface area is 314 Å². The molecule has 54 heavy (non-hydrogen) atoms. The Morgan fingerprint density at radius 1 is 0.333 bits per heavy atom. The summed E-state index contributed by atoms with van der Waals surface area (Å²) in [5.74, 6) is 1.64. The van der Waals surface area contributed by atoms with Crippen molar-refractivity contribution in [3.8, 4) is 50.7 Å². The first-order chi connectivity index (χ1) is 26.5. The number of hydrogen-bond acceptors (Lipinski definition) is 2. The van der Waals surface area contributed by atoms with Gasteiger partial charge in [0.25, 0.3) is 0 Å². The number of rotatable bonds is 5. The standard InChI is InChI=1S/C51H37N3/c1-32-30-33(2)49(34(3)31-32)54-50(47-28-26-45(41-20-8-10-22-43(41)47)39-24-12-16-35-14-4-6-18-37(35)39)52-53-51(54)48-29-27-46(42-21-9-11-23-44(42)48)40-25-13-17-36-15-5-7-19-38(36)40/h4-31H,1-3H3. The number of nitrogens with zero attached hydrogens (tertiary/aromatic N) is 3. The van der Waals surface area contributed by atoms with Crippen molar-refractivity contribution in [2.45, 2.75) is 20.8 Å². The van der Waals surface area contributed by atoms with Crippen LogP contribution in [0.25, 0.3) is 93.8 Å². The second-order valence-corrected chi connectivity index (χ2v) is 14.4. The molecule has 0 aliphatic carbocycles. The van der Waals surface area contributed by atoms with Crippen LogP contribution in [0.1, 0.15) is 16.7 Å². The molecule has 3 heteroatoms. The quantitative estimate of drug-likeness (QED) is 0.180. The lowest BCUT2D eigenvalue weighted by Crippen LogP contribution is -2.06. The summed E-state index contributed by atoms with van der Waals surface area (Å²) < 4.78 is 2.31. The number of fused-ring (bicyclic) bond motifs is 4. The minimum atomic E-state index is 0.822. The third-order valence-corrected chi connectivity index (χ3v) is 11.0. The Hall–Kier alpha value is -6.84. The average Bonchev–Trinajstić information content (AvgIpc) is 3.63. The maximum absolute atomic E-state index is 5.09. The van der Waals surface area contributed by atoms with Gasteiger partial charge in [-0.15, -0.1) is 10.2 Å². The van der Waals surface area contributed by atoms with Crippen LogP contribution >= 0.6 is 0 Å². The van der Waals surface area contributed by atoms with Crippen LogP contribution in [0.15, 0.2) is 170 Å². The van der Waals surface area contributed by atoms with Crippen LogP contribution in [0.3, 0.4) is 0 Å². The lowest BCUT2D eigenvalue weighted by Gasteiger charge is -2.19. The van der Waals surface area contributed by atoms with Gasteiger partial charge < -0.3 is 0 Å². The molecular formula is C51H37N3. The summed E-state index contributed by atoms with van der Waals surface area (Å²) in [6.07, 6.45) is 0. The highest BCUT2D eigenvalue weighted by atomic mass is 15.3. The number of aryl methyl sites for hydroxylation is 3. The molecule has 256 valence electrons. The van der Waals surface area contributed by atoms with Crippen molar-refractivity contribution < 1.29 is 0 Å². The maximum Gasteiger partial charge on any atom is 0.169 e. The van der Waals surface area contributed by atoms with Gasteiger partial charge >= 0.3 is 0 Å². The van der Waals surface area contributed by atoms with Gasteiger partial charge in [0.1, 0.15) is 0 Å².